The average Bonchev–Trinajstić information content (AvgIpc) is 2.68. The van der Waals surface area contributed by atoms with Gasteiger partial charge in [0.1, 0.15) is 0 Å². The lowest BCUT2D eigenvalue weighted by Gasteiger charge is -2.15. The highest BCUT2D eigenvalue weighted by Gasteiger charge is 2.16. The number of hydrogen-bond acceptors (Lipinski definition) is 3. The molecule has 140 valence electrons. The fraction of sp³-hybridized carbons (Fsp3) is 0.227. The van der Waals surface area contributed by atoms with Crippen LogP contribution < -0.4 is 14.8 Å². The van der Waals surface area contributed by atoms with Crippen LogP contribution in [-0.2, 0) is 6.54 Å². The van der Waals surface area contributed by atoms with Gasteiger partial charge in [0, 0.05) is 12.1 Å². The number of carbonyl (C=O) groups excluding carboxylic acids is 1. The first-order chi connectivity index (χ1) is 13.1. The number of halogens is 1. The van der Waals surface area contributed by atoms with Gasteiger partial charge >= 0.3 is 0 Å². The first-order valence-electron chi connectivity index (χ1n) is 8.98. The lowest BCUT2D eigenvalue weighted by molar-refractivity contribution is 0.0950. The Bertz CT molecular complexity index is 950. The molecule has 0 spiro atoms. The van der Waals surface area contributed by atoms with Crippen molar-refractivity contribution in [2.24, 2.45) is 0 Å². The summed E-state index contributed by atoms with van der Waals surface area (Å²) >= 11 is 3.48. The number of fused-ring (bicyclic) bond motifs is 1. The van der Waals surface area contributed by atoms with Crippen LogP contribution in [0.15, 0.2) is 59.1 Å². The lowest BCUT2D eigenvalue weighted by Crippen LogP contribution is -2.23. The van der Waals surface area contributed by atoms with Gasteiger partial charge in [-0.25, -0.2) is 0 Å². The molecule has 0 atom stereocenters. The van der Waals surface area contributed by atoms with E-state index in [0.29, 0.717) is 41.3 Å². The van der Waals surface area contributed by atoms with Gasteiger partial charge in [-0.05, 0) is 58.2 Å². The second-order valence-electron chi connectivity index (χ2n) is 5.97. The first-order valence-corrected chi connectivity index (χ1v) is 9.77. The molecule has 0 saturated carbocycles. The van der Waals surface area contributed by atoms with Crippen molar-refractivity contribution in [3.8, 4) is 11.5 Å². The first kappa shape index (κ1) is 19.2. The Hall–Kier alpha value is -2.53. The Morgan fingerprint density at radius 2 is 1.74 bits per heavy atom. The molecule has 0 bridgehead atoms. The molecular weight excluding hydrogens is 406 g/mol. The van der Waals surface area contributed by atoms with Crippen molar-refractivity contribution >= 4 is 32.6 Å². The summed E-state index contributed by atoms with van der Waals surface area (Å²) in [6.07, 6.45) is 0. The van der Waals surface area contributed by atoms with Gasteiger partial charge in [0.2, 0.25) is 0 Å². The highest BCUT2D eigenvalue weighted by Crippen LogP contribution is 2.37. The predicted molar refractivity (Wildman–Crippen MR) is 112 cm³/mol. The Morgan fingerprint density at radius 3 is 2.52 bits per heavy atom. The molecule has 0 aromatic heterocycles. The fourth-order valence-electron chi connectivity index (χ4n) is 2.97. The maximum Gasteiger partial charge on any atom is 0.251 e. The summed E-state index contributed by atoms with van der Waals surface area (Å²) in [5.74, 6) is 1.02. The highest BCUT2D eigenvalue weighted by molar-refractivity contribution is 9.10. The van der Waals surface area contributed by atoms with Gasteiger partial charge < -0.3 is 14.8 Å². The average molecular weight is 428 g/mol. The van der Waals surface area contributed by atoms with Gasteiger partial charge in [0.05, 0.1) is 17.7 Å². The third kappa shape index (κ3) is 4.42. The van der Waals surface area contributed by atoms with Crippen LogP contribution in [0.1, 0.15) is 29.8 Å². The van der Waals surface area contributed by atoms with Crippen LogP contribution in [0.4, 0.5) is 0 Å². The molecule has 0 heterocycles. The molecule has 1 amide bonds. The van der Waals surface area contributed by atoms with Crippen molar-refractivity contribution in [1.82, 2.24) is 5.32 Å². The molecule has 0 saturated heterocycles. The van der Waals surface area contributed by atoms with E-state index in [2.05, 4.69) is 39.4 Å². The smallest absolute Gasteiger partial charge is 0.251 e. The summed E-state index contributed by atoms with van der Waals surface area (Å²) in [6.45, 7) is 5.28. The molecule has 3 rings (SSSR count). The molecule has 3 aromatic rings. The van der Waals surface area contributed by atoms with Crippen LogP contribution in [-0.4, -0.2) is 19.1 Å². The number of amides is 1. The number of rotatable bonds is 7. The van der Waals surface area contributed by atoms with Crippen molar-refractivity contribution in [2.45, 2.75) is 20.4 Å². The van der Waals surface area contributed by atoms with Gasteiger partial charge in [-0.3, -0.25) is 4.79 Å². The van der Waals surface area contributed by atoms with Gasteiger partial charge in [-0.2, -0.15) is 0 Å². The summed E-state index contributed by atoms with van der Waals surface area (Å²) in [7, 11) is 0. The number of nitrogens with one attached hydrogen (secondary N) is 1. The van der Waals surface area contributed by atoms with E-state index in [-0.39, 0.29) is 5.91 Å². The zero-order valence-corrected chi connectivity index (χ0v) is 17.0. The van der Waals surface area contributed by atoms with Gasteiger partial charge in [-0.15, -0.1) is 0 Å². The quantitative estimate of drug-likeness (QED) is 0.554. The van der Waals surface area contributed by atoms with Crippen molar-refractivity contribution < 1.29 is 14.3 Å². The van der Waals surface area contributed by atoms with Crippen molar-refractivity contribution in [1.29, 1.82) is 0 Å². The normalized spacial score (nSPS) is 10.6. The van der Waals surface area contributed by atoms with E-state index in [4.69, 9.17) is 9.47 Å². The summed E-state index contributed by atoms with van der Waals surface area (Å²) < 4.78 is 12.0. The zero-order valence-electron chi connectivity index (χ0n) is 15.4. The van der Waals surface area contributed by atoms with Gasteiger partial charge in [0.15, 0.2) is 11.5 Å². The fourth-order valence-corrected chi connectivity index (χ4v) is 3.53. The van der Waals surface area contributed by atoms with E-state index in [0.717, 1.165) is 16.3 Å². The van der Waals surface area contributed by atoms with Crippen molar-refractivity contribution in [2.75, 3.05) is 13.2 Å². The van der Waals surface area contributed by atoms with E-state index in [1.54, 1.807) is 12.1 Å². The van der Waals surface area contributed by atoms with Crippen LogP contribution in [0.25, 0.3) is 10.8 Å². The number of ether oxygens (including phenoxy) is 2. The molecule has 4 nitrogen and oxygen atoms in total. The molecular formula is C22H22BrNO3. The predicted octanol–water partition coefficient (Wildman–Crippen LogP) is 5.33. The molecule has 0 aliphatic rings. The maximum absolute atomic E-state index is 12.7. The minimum absolute atomic E-state index is 0.160. The van der Waals surface area contributed by atoms with E-state index < -0.39 is 0 Å². The standard InChI is InChI=1S/C22H22BrNO3/c1-3-26-20-13-17(12-19(23)21(20)27-4-2)22(25)24-14-16-10-7-9-15-8-5-6-11-18(15)16/h5-13H,3-4,14H2,1-2H3,(H,24,25). The second-order valence-corrected chi connectivity index (χ2v) is 6.83. The summed E-state index contributed by atoms with van der Waals surface area (Å²) in [4.78, 5) is 12.7. The molecule has 27 heavy (non-hydrogen) atoms. The van der Waals surface area contributed by atoms with Gasteiger partial charge in [0.25, 0.3) is 5.91 Å². The topological polar surface area (TPSA) is 47.6 Å². The molecule has 0 unspecified atom stereocenters. The molecule has 0 radical (unpaired) electrons. The highest BCUT2D eigenvalue weighted by atomic mass is 79.9. The monoisotopic (exact) mass is 427 g/mol. The SMILES string of the molecule is CCOc1cc(C(=O)NCc2cccc3ccccc23)cc(Br)c1OCC. The summed E-state index contributed by atoms with van der Waals surface area (Å²) in [5, 5.41) is 5.30. The van der Waals surface area contributed by atoms with Crippen LogP contribution >= 0.6 is 15.9 Å². The van der Waals surface area contributed by atoms with Crippen LogP contribution in [0.3, 0.4) is 0 Å². The van der Waals surface area contributed by atoms with Crippen LogP contribution in [0.5, 0.6) is 11.5 Å². The molecule has 3 aromatic carbocycles. The second kappa shape index (κ2) is 8.91. The van der Waals surface area contributed by atoms with E-state index >= 15 is 0 Å². The zero-order chi connectivity index (χ0) is 19.2. The number of carbonyl (C=O) groups is 1. The van der Waals surface area contributed by atoms with E-state index in [1.165, 1.54) is 0 Å². The molecule has 1 N–H and O–H groups in total. The van der Waals surface area contributed by atoms with Gasteiger partial charge in [-0.1, -0.05) is 42.5 Å². The Balaban J connectivity index is 1.81. The third-order valence-corrected chi connectivity index (χ3v) is 4.77. The minimum Gasteiger partial charge on any atom is -0.490 e. The van der Waals surface area contributed by atoms with E-state index in [9.17, 15) is 4.79 Å². The third-order valence-electron chi connectivity index (χ3n) is 4.18. The molecule has 0 aliphatic carbocycles. The summed E-state index contributed by atoms with van der Waals surface area (Å²) in [6, 6.07) is 17.7. The Morgan fingerprint density at radius 1 is 1.00 bits per heavy atom. The van der Waals surface area contributed by atoms with Crippen molar-refractivity contribution in [3.05, 3.63) is 70.2 Å². The number of benzene rings is 3. The maximum atomic E-state index is 12.7. The number of hydrogen-bond donors (Lipinski definition) is 1. The summed E-state index contributed by atoms with van der Waals surface area (Å²) in [5.41, 5.74) is 1.60. The largest absolute Gasteiger partial charge is 0.490 e. The molecule has 0 fully saturated rings. The minimum atomic E-state index is -0.160. The van der Waals surface area contributed by atoms with E-state index in [1.807, 2.05) is 38.1 Å². The van der Waals surface area contributed by atoms with Crippen molar-refractivity contribution in [3.63, 3.8) is 0 Å². The molecule has 0 aliphatic heterocycles. The molecule has 5 heteroatoms. The Labute approximate surface area is 167 Å². The van der Waals surface area contributed by atoms with Crippen LogP contribution in [0, 0.1) is 0 Å². The Kier molecular flexibility index (Phi) is 6.35. The lowest BCUT2D eigenvalue weighted by atomic mass is 10.0. The van der Waals surface area contributed by atoms with Crippen LogP contribution in [0.2, 0.25) is 0 Å².